The van der Waals surface area contributed by atoms with Crippen molar-refractivity contribution in [2.45, 2.75) is 56.0 Å². The van der Waals surface area contributed by atoms with Crippen LogP contribution in [0.3, 0.4) is 0 Å². The average molecular weight is 403 g/mol. The molecule has 11 heteroatoms. The summed E-state index contributed by atoms with van der Waals surface area (Å²) in [5.74, 6) is -1.25. The molecule has 1 amide bonds. The van der Waals surface area contributed by atoms with Crippen molar-refractivity contribution in [2.24, 2.45) is 0 Å². The molecule has 0 unspecified atom stereocenters. The lowest BCUT2D eigenvalue weighted by Gasteiger charge is -2.31. The Bertz CT molecular complexity index is 690. The highest BCUT2D eigenvalue weighted by atomic mass is 33.1. The first-order chi connectivity index (χ1) is 11.8. The van der Waals surface area contributed by atoms with E-state index in [9.17, 15) is 24.8 Å². The first-order valence-corrected chi connectivity index (χ1v) is 9.66. The maximum Gasteiger partial charge on any atom is 0.408 e. The number of nitrogens with one attached hydrogen (secondary N) is 1. The summed E-state index contributed by atoms with van der Waals surface area (Å²) >= 11 is 0. The smallest absolute Gasteiger partial charge is 0.408 e. The van der Waals surface area contributed by atoms with Gasteiger partial charge in [-0.25, -0.2) is 14.6 Å². The number of carboxylic acids is 1. The van der Waals surface area contributed by atoms with E-state index in [1.54, 1.807) is 34.6 Å². The SMILES string of the molecule is CC(C)(C)OC(=O)N[C@H](C(=O)O)C(C)(C)SSc1ncccc1[N+](=O)[O-]. The van der Waals surface area contributed by atoms with E-state index < -0.39 is 33.4 Å². The number of aromatic nitrogens is 1. The molecule has 1 aromatic rings. The molecule has 144 valence electrons. The summed E-state index contributed by atoms with van der Waals surface area (Å²) in [5.41, 5.74) is -0.943. The van der Waals surface area contributed by atoms with Crippen molar-refractivity contribution in [3.05, 3.63) is 28.4 Å². The van der Waals surface area contributed by atoms with Crippen LogP contribution in [0.1, 0.15) is 34.6 Å². The van der Waals surface area contributed by atoms with Gasteiger partial charge in [-0.05, 0) is 51.5 Å². The van der Waals surface area contributed by atoms with E-state index in [4.69, 9.17) is 4.74 Å². The van der Waals surface area contributed by atoms with Crippen molar-refractivity contribution in [3.8, 4) is 0 Å². The lowest BCUT2D eigenvalue weighted by molar-refractivity contribution is -0.388. The van der Waals surface area contributed by atoms with Crippen LogP contribution >= 0.6 is 21.6 Å². The highest BCUT2D eigenvalue weighted by molar-refractivity contribution is 8.77. The molecule has 26 heavy (non-hydrogen) atoms. The molecule has 0 saturated carbocycles. The number of pyridine rings is 1. The highest BCUT2D eigenvalue weighted by Crippen LogP contribution is 2.44. The maximum absolute atomic E-state index is 11.9. The molecule has 0 bridgehead atoms. The number of hydrogen-bond acceptors (Lipinski definition) is 8. The van der Waals surface area contributed by atoms with E-state index in [0.717, 1.165) is 21.6 Å². The Hall–Kier alpha value is -2.01. The lowest BCUT2D eigenvalue weighted by Crippen LogP contribution is -2.53. The Morgan fingerprint density at radius 2 is 1.96 bits per heavy atom. The van der Waals surface area contributed by atoms with Gasteiger partial charge in [-0.1, -0.05) is 10.8 Å². The summed E-state index contributed by atoms with van der Waals surface area (Å²) in [6.45, 7) is 8.21. The predicted molar refractivity (Wildman–Crippen MR) is 99.2 cm³/mol. The quantitative estimate of drug-likeness (QED) is 0.399. The normalized spacial score (nSPS) is 13.0. The monoisotopic (exact) mass is 403 g/mol. The minimum atomic E-state index is -1.28. The van der Waals surface area contributed by atoms with Gasteiger partial charge in [0.2, 0.25) is 0 Å². The van der Waals surface area contributed by atoms with Crippen LogP contribution in [0.4, 0.5) is 10.5 Å². The number of nitro groups is 1. The van der Waals surface area contributed by atoms with Crippen LogP contribution in [0.25, 0.3) is 0 Å². The molecular formula is C15H21N3O6S2. The van der Waals surface area contributed by atoms with Gasteiger partial charge in [0.25, 0.3) is 0 Å². The van der Waals surface area contributed by atoms with Crippen LogP contribution in [0.2, 0.25) is 0 Å². The fourth-order valence-electron chi connectivity index (χ4n) is 1.74. The second kappa shape index (κ2) is 8.58. The Morgan fingerprint density at radius 1 is 1.35 bits per heavy atom. The summed E-state index contributed by atoms with van der Waals surface area (Å²) in [7, 11) is 2.04. The summed E-state index contributed by atoms with van der Waals surface area (Å²) in [4.78, 5) is 38.0. The van der Waals surface area contributed by atoms with Gasteiger partial charge in [-0.15, -0.1) is 0 Å². The van der Waals surface area contributed by atoms with Gasteiger partial charge >= 0.3 is 17.7 Å². The minimum Gasteiger partial charge on any atom is -0.480 e. The van der Waals surface area contributed by atoms with Gasteiger partial charge in [-0.3, -0.25) is 10.1 Å². The van der Waals surface area contributed by atoms with Gasteiger partial charge in [0, 0.05) is 12.3 Å². The lowest BCUT2D eigenvalue weighted by atomic mass is 10.0. The maximum atomic E-state index is 11.9. The van der Waals surface area contributed by atoms with Gasteiger partial charge in [0.05, 0.1) is 9.67 Å². The molecule has 0 saturated heterocycles. The molecule has 2 N–H and O–H groups in total. The number of carbonyl (C=O) groups excluding carboxylic acids is 1. The zero-order valence-electron chi connectivity index (χ0n) is 15.0. The van der Waals surface area contributed by atoms with Crippen molar-refractivity contribution in [3.63, 3.8) is 0 Å². The van der Waals surface area contributed by atoms with E-state index in [1.807, 2.05) is 0 Å². The van der Waals surface area contributed by atoms with Gasteiger partial charge in [0.1, 0.15) is 11.6 Å². The first-order valence-electron chi connectivity index (χ1n) is 7.51. The van der Waals surface area contributed by atoms with Crippen LogP contribution in [0.5, 0.6) is 0 Å². The fourth-order valence-corrected chi connectivity index (χ4v) is 4.18. The molecular weight excluding hydrogens is 382 g/mol. The van der Waals surface area contributed by atoms with Gasteiger partial charge < -0.3 is 15.2 Å². The summed E-state index contributed by atoms with van der Waals surface area (Å²) < 4.78 is 4.08. The topological polar surface area (TPSA) is 132 Å². The molecule has 0 aliphatic heterocycles. The summed E-state index contributed by atoms with van der Waals surface area (Å²) in [5, 5.41) is 23.0. The third-order valence-electron chi connectivity index (χ3n) is 2.89. The molecule has 1 aromatic heterocycles. The van der Waals surface area contributed by atoms with E-state index in [2.05, 4.69) is 10.3 Å². The van der Waals surface area contributed by atoms with Gasteiger partial charge in [-0.2, -0.15) is 0 Å². The number of carbonyl (C=O) groups is 2. The number of aliphatic carboxylic acids is 1. The molecule has 9 nitrogen and oxygen atoms in total. The van der Waals surface area contributed by atoms with E-state index >= 15 is 0 Å². The van der Waals surface area contributed by atoms with Crippen LogP contribution in [0.15, 0.2) is 23.4 Å². The third kappa shape index (κ3) is 6.71. The minimum absolute atomic E-state index is 0.150. The van der Waals surface area contributed by atoms with Crippen LogP contribution < -0.4 is 5.32 Å². The van der Waals surface area contributed by atoms with Crippen molar-refractivity contribution in [2.75, 3.05) is 0 Å². The second-order valence-electron chi connectivity index (χ2n) is 6.77. The van der Waals surface area contributed by atoms with Crippen molar-refractivity contribution < 1.29 is 24.4 Å². The van der Waals surface area contributed by atoms with Crippen molar-refractivity contribution >= 4 is 39.3 Å². The number of hydrogen-bond donors (Lipinski definition) is 2. The molecule has 0 fully saturated rings. The first kappa shape index (κ1) is 22.0. The Kier molecular flexibility index (Phi) is 7.27. The van der Waals surface area contributed by atoms with Gasteiger partial charge in [0.15, 0.2) is 5.03 Å². The highest BCUT2D eigenvalue weighted by Gasteiger charge is 2.39. The standard InChI is InChI=1S/C15H21N3O6S2/c1-14(2,3)24-13(21)17-10(12(19)20)15(4,5)26-25-11-9(18(22)23)7-6-8-16-11/h6-8,10H,1-5H3,(H,17,21)(H,19,20)/t10-/m1/s1. The Labute approximate surface area is 158 Å². The molecule has 0 radical (unpaired) electrons. The summed E-state index contributed by atoms with van der Waals surface area (Å²) in [6.07, 6.45) is 0.559. The zero-order chi connectivity index (χ0) is 20.1. The molecule has 0 aliphatic carbocycles. The number of nitrogens with zero attached hydrogens (tertiary/aromatic N) is 2. The number of carboxylic acid groups (broad SMARTS) is 1. The predicted octanol–water partition coefficient (Wildman–Crippen LogP) is 3.49. The molecule has 1 rings (SSSR count). The van der Waals surface area contributed by atoms with E-state index in [1.165, 1.54) is 18.3 Å². The second-order valence-corrected chi connectivity index (χ2v) is 9.54. The number of amides is 1. The molecule has 0 aromatic carbocycles. The van der Waals surface area contributed by atoms with E-state index in [0.29, 0.717) is 0 Å². The van der Waals surface area contributed by atoms with Crippen LogP contribution in [-0.2, 0) is 9.53 Å². The number of rotatable bonds is 7. The van der Waals surface area contributed by atoms with Crippen LogP contribution in [0, 0.1) is 10.1 Å². The number of ether oxygens (including phenoxy) is 1. The van der Waals surface area contributed by atoms with Crippen LogP contribution in [-0.4, -0.2) is 43.5 Å². The number of alkyl carbamates (subject to hydrolysis) is 1. The average Bonchev–Trinajstić information content (AvgIpc) is 2.48. The van der Waals surface area contributed by atoms with E-state index in [-0.39, 0.29) is 10.7 Å². The Balaban J connectivity index is 2.89. The third-order valence-corrected chi connectivity index (χ3v) is 6.12. The molecule has 1 atom stereocenters. The molecule has 0 aliphatic rings. The Morgan fingerprint density at radius 3 is 2.46 bits per heavy atom. The van der Waals surface area contributed by atoms with Crippen molar-refractivity contribution in [1.29, 1.82) is 0 Å². The van der Waals surface area contributed by atoms with Crippen molar-refractivity contribution in [1.82, 2.24) is 10.3 Å². The molecule has 0 spiro atoms. The zero-order valence-corrected chi connectivity index (χ0v) is 16.6. The molecule has 1 heterocycles. The fraction of sp³-hybridized carbons (Fsp3) is 0.533. The summed E-state index contributed by atoms with van der Waals surface area (Å²) in [6, 6.07) is 1.48. The largest absolute Gasteiger partial charge is 0.480 e.